The Morgan fingerprint density at radius 2 is 1.89 bits per heavy atom. The highest BCUT2D eigenvalue weighted by Gasteiger charge is 2.17. The van der Waals surface area contributed by atoms with Gasteiger partial charge in [-0.15, -0.1) is 0 Å². The third-order valence-corrected chi connectivity index (χ3v) is 4.63. The lowest BCUT2D eigenvalue weighted by Crippen LogP contribution is -2.03. The number of nitrogens with one attached hydrogen (secondary N) is 2. The highest BCUT2D eigenvalue weighted by molar-refractivity contribution is 5.99. The molecular weight excluding hydrogens is 342 g/mol. The second kappa shape index (κ2) is 7.45. The number of benzene rings is 1. The number of carbonyl (C=O) groups excluding carboxylic acids is 1. The third kappa shape index (κ3) is 3.89. The summed E-state index contributed by atoms with van der Waals surface area (Å²) in [5.74, 6) is -0.789. The molecule has 0 unspecified atom stereocenters. The minimum Gasteiger partial charge on any atom is -0.478 e. The third-order valence-electron chi connectivity index (χ3n) is 4.63. The Kier molecular flexibility index (Phi) is 5.07. The molecule has 1 aliphatic heterocycles. The Morgan fingerprint density at radius 3 is 2.44 bits per heavy atom. The molecule has 1 aliphatic rings. The van der Waals surface area contributed by atoms with Gasteiger partial charge < -0.3 is 15.4 Å². The maximum atomic E-state index is 11.2. The van der Waals surface area contributed by atoms with E-state index in [1.54, 1.807) is 13.1 Å². The smallest absolute Gasteiger partial charge is 0.337 e. The number of aromatic carboxylic acids is 1. The van der Waals surface area contributed by atoms with E-state index >= 15 is 0 Å². The number of aryl methyl sites for hydroxylation is 2. The zero-order valence-electron chi connectivity index (χ0n) is 15.5. The monoisotopic (exact) mass is 363 g/mol. The van der Waals surface area contributed by atoms with Gasteiger partial charge in [0.2, 0.25) is 5.91 Å². The number of aromatic amines is 1. The van der Waals surface area contributed by atoms with Crippen LogP contribution in [0.5, 0.6) is 0 Å². The molecule has 0 atom stereocenters. The number of H-pyrrole nitrogens is 1. The predicted molar refractivity (Wildman–Crippen MR) is 104 cm³/mol. The fourth-order valence-electron chi connectivity index (χ4n) is 3.15. The van der Waals surface area contributed by atoms with Gasteiger partial charge >= 0.3 is 5.97 Å². The molecule has 138 valence electrons. The van der Waals surface area contributed by atoms with Crippen molar-refractivity contribution in [2.24, 2.45) is 0 Å². The number of pyridine rings is 1. The molecule has 0 spiro atoms. The number of carboxylic acid groups (broad SMARTS) is 1. The average molecular weight is 363 g/mol. The number of hydrogen-bond acceptors (Lipinski definition) is 3. The van der Waals surface area contributed by atoms with E-state index in [0.29, 0.717) is 12.0 Å². The Labute approximate surface area is 157 Å². The number of anilines is 1. The summed E-state index contributed by atoms with van der Waals surface area (Å²) in [5.41, 5.74) is 7.02. The first-order chi connectivity index (χ1) is 12.9. The first-order valence-corrected chi connectivity index (χ1v) is 8.59. The van der Waals surface area contributed by atoms with Crippen LogP contribution in [0.25, 0.3) is 11.1 Å². The summed E-state index contributed by atoms with van der Waals surface area (Å²) in [6, 6.07) is 9.93. The molecule has 3 N–H and O–H groups in total. The molecule has 6 nitrogen and oxygen atoms in total. The van der Waals surface area contributed by atoms with Crippen LogP contribution in [-0.2, 0) is 11.2 Å². The summed E-state index contributed by atoms with van der Waals surface area (Å²) in [4.78, 5) is 28.9. The molecule has 0 saturated carbocycles. The lowest BCUT2D eigenvalue weighted by atomic mass is 10.0. The molecule has 0 saturated heterocycles. The summed E-state index contributed by atoms with van der Waals surface area (Å²) < 4.78 is 0. The maximum absolute atomic E-state index is 11.2. The van der Waals surface area contributed by atoms with Gasteiger partial charge in [0.25, 0.3) is 0 Å². The highest BCUT2D eigenvalue weighted by Crippen LogP contribution is 2.28. The van der Waals surface area contributed by atoms with Crippen LogP contribution >= 0.6 is 0 Å². The summed E-state index contributed by atoms with van der Waals surface area (Å²) in [7, 11) is 0. The van der Waals surface area contributed by atoms with Gasteiger partial charge in [0, 0.05) is 35.0 Å². The van der Waals surface area contributed by atoms with Crippen molar-refractivity contribution in [2.45, 2.75) is 27.2 Å². The van der Waals surface area contributed by atoms with Crippen molar-refractivity contribution in [3.63, 3.8) is 0 Å². The van der Waals surface area contributed by atoms with Gasteiger partial charge in [0.05, 0.1) is 12.0 Å². The van der Waals surface area contributed by atoms with Crippen molar-refractivity contribution >= 4 is 17.6 Å². The molecule has 0 radical (unpaired) electrons. The van der Waals surface area contributed by atoms with Crippen molar-refractivity contribution in [3.05, 3.63) is 70.8 Å². The lowest BCUT2D eigenvalue weighted by Gasteiger charge is -2.03. The van der Waals surface area contributed by atoms with Crippen molar-refractivity contribution in [3.8, 4) is 11.1 Å². The standard InChI is InChI=1S/C13H10N2O.C8H11NO2/c16-13-7-10-4-3-9(6-12(10)15-13)11-2-1-5-14-8-11;1-4-5(2)9-6(3)7(4)8(10)11/h1-6,8H,7H2,(H,15,16);9H,1-3H3,(H,10,11). The number of aromatic nitrogens is 2. The van der Waals surface area contributed by atoms with E-state index in [-0.39, 0.29) is 5.91 Å². The molecule has 3 heterocycles. The topological polar surface area (TPSA) is 95.1 Å². The van der Waals surface area contributed by atoms with Crippen LogP contribution in [0, 0.1) is 20.8 Å². The van der Waals surface area contributed by atoms with E-state index in [9.17, 15) is 9.59 Å². The number of fused-ring (bicyclic) bond motifs is 1. The summed E-state index contributed by atoms with van der Waals surface area (Å²) in [5, 5.41) is 11.6. The second-order valence-corrected chi connectivity index (χ2v) is 6.52. The first-order valence-electron chi connectivity index (χ1n) is 8.59. The summed E-state index contributed by atoms with van der Waals surface area (Å²) in [6.07, 6.45) is 4.06. The fourth-order valence-corrected chi connectivity index (χ4v) is 3.15. The highest BCUT2D eigenvalue weighted by atomic mass is 16.4. The van der Waals surface area contributed by atoms with Gasteiger partial charge in [-0.05, 0) is 49.6 Å². The van der Waals surface area contributed by atoms with Crippen LogP contribution in [-0.4, -0.2) is 27.0 Å². The molecular formula is C21H21N3O3. The zero-order chi connectivity index (χ0) is 19.6. The molecule has 0 fully saturated rings. The van der Waals surface area contributed by atoms with Crippen molar-refractivity contribution < 1.29 is 14.7 Å². The van der Waals surface area contributed by atoms with Crippen LogP contribution in [0.1, 0.15) is 32.9 Å². The Morgan fingerprint density at radius 1 is 1.11 bits per heavy atom. The molecule has 6 heteroatoms. The molecule has 1 aromatic carbocycles. The number of rotatable bonds is 2. The van der Waals surface area contributed by atoms with Crippen LogP contribution in [0.15, 0.2) is 42.7 Å². The largest absolute Gasteiger partial charge is 0.478 e. The Bertz CT molecular complexity index is 1010. The number of carbonyl (C=O) groups is 2. The molecule has 3 aromatic rings. The van der Waals surface area contributed by atoms with Gasteiger partial charge in [-0.2, -0.15) is 0 Å². The molecule has 2 aromatic heterocycles. The minimum absolute atomic E-state index is 0.0679. The summed E-state index contributed by atoms with van der Waals surface area (Å²) >= 11 is 0. The van der Waals surface area contributed by atoms with Gasteiger partial charge in [-0.25, -0.2) is 4.79 Å². The quantitative estimate of drug-likeness (QED) is 0.644. The Hall–Kier alpha value is -3.41. The van der Waals surface area contributed by atoms with E-state index in [0.717, 1.165) is 39.3 Å². The van der Waals surface area contributed by atoms with Crippen LogP contribution in [0.4, 0.5) is 5.69 Å². The average Bonchev–Trinajstić information content (AvgIpc) is 3.13. The number of hydrogen-bond donors (Lipinski definition) is 3. The predicted octanol–water partition coefficient (Wildman–Crippen LogP) is 3.88. The van der Waals surface area contributed by atoms with Crippen molar-refractivity contribution in [2.75, 3.05) is 5.32 Å². The molecule has 0 bridgehead atoms. The van der Waals surface area contributed by atoms with E-state index in [4.69, 9.17) is 5.11 Å². The lowest BCUT2D eigenvalue weighted by molar-refractivity contribution is -0.115. The minimum atomic E-state index is -0.857. The van der Waals surface area contributed by atoms with Crippen molar-refractivity contribution in [1.82, 2.24) is 9.97 Å². The number of carboxylic acids is 1. The zero-order valence-corrected chi connectivity index (χ0v) is 15.5. The molecule has 4 rings (SSSR count). The van der Waals surface area contributed by atoms with E-state index in [2.05, 4.69) is 15.3 Å². The molecule has 1 amide bonds. The SMILES string of the molecule is Cc1[nH]c(C)c(C(=O)O)c1C.O=C1Cc2ccc(-c3cccnc3)cc2N1. The van der Waals surface area contributed by atoms with Gasteiger partial charge in [0.1, 0.15) is 0 Å². The van der Waals surface area contributed by atoms with Crippen LogP contribution in [0.3, 0.4) is 0 Å². The van der Waals surface area contributed by atoms with E-state index < -0.39 is 5.97 Å². The maximum Gasteiger partial charge on any atom is 0.337 e. The van der Waals surface area contributed by atoms with Gasteiger partial charge in [-0.1, -0.05) is 18.2 Å². The Balaban J connectivity index is 0.000000168. The first kappa shape index (κ1) is 18.4. The normalized spacial score (nSPS) is 12.0. The van der Waals surface area contributed by atoms with Gasteiger partial charge in [0.15, 0.2) is 0 Å². The number of amides is 1. The molecule has 0 aliphatic carbocycles. The second-order valence-electron chi connectivity index (χ2n) is 6.52. The van der Waals surface area contributed by atoms with Crippen LogP contribution in [0.2, 0.25) is 0 Å². The number of nitrogens with zero attached hydrogens (tertiary/aromatic N) is 1. The van der Waals surface area contributed by atoms with E-state index in [1.165, 1.54) is 0 Å². The fraction of sp³-hybridized carbons (Fsp3) is 0.190. The van der Waals surface area contributed by atoms with Crippen LogP contribution < -0.4 is 5.32 Å². The van der Waals surface area contributed by atoms with Gasteiger partial charge in [-0.3, -0.25) is 9.78 Å². The molecule has 27 heavy (non-hydrogen) atoms. The van der Waals surface area contributed by atoms with Crippen molar-refractivity contribution in [1.29, 1.82) is 0 Å². The summed E-state index contributed by atoms with van der Waals surface area (Å²) in [6.45, 7) is 5.44. The van der Waals surface area contributed by atoms with E-state index in [1.807, 2.05) is 50.4 Å².